The monoisotopic (exact) mass is 808 g/mol. The number of rotatable bonds is 15. The van der Waals surface area contributed by atoms with Crippen molar-refractivity contribution in [1.29, 1.82) is 0 Å². The molecule has 7 rings (SSSR count). The number of hydrogen-bond acceptors (Lipinski definition) is 10. The van der Waals surface area contributed by atoms with E-state index in [2.05, 4.69) is 0 Å². The highest BCUT2D eigenvalue weighted by atomic mass is 32.3. The molecule has 4 aromatic heterocycles. The fourth-order valence-corrected chi connectivity index (χ4v) is 8.96. The minimum Gasteiger partial charge on any atom is -0.462 e. The number of hydrogen-bond donors (Lipinski definition) is 0. The zero-order valence-corrected chi connectivity index (χ0v) is 33.4. The van der Waals surface area contributed by atoms with Crippen molar-refractivity contribution in [3.63, 3.8) is 0 Å². The van der Waals surface area contributed by atoms with Crippen molar-refractivity contribution in [3.05, 3.63) is 83.2 Å². The van der Waals surface area contributed by atoms with Gasteiger partial charge in [-0.2, -0.15) is 8.42 Å². The number of nitrogens with zero attached hydrogens (tertiary/aromatic N) is 8. The standard InChI is InChI=1S/C39H49FN8O8S/c1-4-20-43-33-29(35(49)45(21-5-2)38(43)52)41-31(25-12-7-8-13-25)47(33)48-32(26-14-9-10-15-26)42-30-34(48)44(39(53)46(22-6-3)36(30)50)23-11-24-56-37(51)27-16-18-28(19-17-27)57(40,54)55/h16-19,25-26H,4-15,20-24H2,1-3H3. The summed E-state index contributed by atoms with van der Waals surface area (Å²) >= 11 is 0. The van der Waals surface area contributed by atoms with Gasteiger partial charge in [-0.05, 0) is 75.6 Å². The Balaban J connectivity index is 1.44. The third kappa shape index (κ3) is 7.32. The van der Waals surface area contributed by atoms with Gasteiger partial charge in [-0.25, -0.2) is 33.7 Å². The van der Waals surface area contributed by atoms with Crippen LogP contribution in [0.1, 0.15) is 132 Å². The Hall–Kier alpha value is -5.13. The van der Waals surface area contributed by atoms with Gasteiger partial charge in [0.2, 0.25) is 0 Å². The lowest BCUT2D eigenvalue weighted by molar-refractivity contribution is 0.0495. The number of halogens is 1. The first-order valence-corrected chi connectivity index (χ1v) is 21.5. The number of carbonyl (C=O) groups excluding carboxylic acids is 1. The summed E-state index contributed by atoms with van der Waals surface area (Å²) in [5.41, 5.74) is -1.31. The summed E-state index contributed by atoms with van der Waals surface area (Å²) in [5.74, 6) is 0.219. The quantitative estimate of drug-likeness (QED) is 0.0810. The van der Waals surface area contributed by atoms with E-state index in [1.165, 1.54) is 13.7 Å². The highest BCUT2D eigenvalue weighted by Crippen LogP contribution is 2.39. The van der Waals surface area contributed by atoms with E-state index in [1.807, 2.05) is 25.4 Å². The molecule has 18 heteroatoms. The average Bonchev–Trinajstić information content (AvgIpc) is 4.02. The first kappa shape index (κ1) is 40.1. The van der Waals surface area contributed by atoms with Crippen LogP contribution in [0.25, 0.3) is 22.3 Å². The Morgan fingerprint density at radius 1 is 0.684 bits per heavy atom. The van der Waals surface area contributed by atoms with Gasteiger partial charge in [-0.15, -0.1) is 3.89 Å². The Labute approximate surface area is 327 Å². The van der Waals surface area contributed by atoms with Crippen molar-refractivity contribution >= 4 is 38.5 Å². The molecule has 2 aliphatic carbocycles. The van der Waals surface area contributed by atoms with Gasteiger partial charge in [0.25, 0.3) is 11.1 Å². The number of imidazole rings is 2. The van der Waals surface area contributed by atoms with Gasteiger partial charge in [0, 0.05) is 38.0 Å². The van der Waals surface area contributed by atoms with E-state index in [0.29, 0.717) is 43.1 Å². The fraction of sp³-hybridized carbons (Fsp3) is 0.564. The molecule has 1 aromatic carbocycles. The van der Waals surface area contributed by atoms with Crippen molar-refractivity contribution in [2.24, 2.45) is 0 Å². The van der Waals surface area contributed by atoms with Crippen LogP contribution in [0.5, 0.6) is 0 Å². The second kappa shape index (κ2) is 16.4. The SMILES string of the molecule is CCCn1c(=O)c2nc(C3CCCC3)n(-n3c(C4CCCC4)nc4c(=O)n(CCC)c(=O)n(CCCOC(=O)c5ccc(S(=O)(=O)F)cc5)c43)c2n(CCC)c1=O. The highest BCUT2D eigenvalue weighted by Gasteiger charge is 2.34. The van der Waals surface area contributed by atoms with Crippen molar-refractivity contribution in [3.8, 4) is 0 Å². The van der Waals surface area contributed by atoms with Gasteiger partial charge < -0.3 is 4.74 Å². The maximum absolute atomic E-state index is 14.5. The second-order valence-corrected chi connectivity index (χ2v) is 16.5. The molecule has 5 aromatic rings. The maximum atomic E-state index is 14.5. The van der Waals surface area contributed by atoms with Gasteiger partial charge in [0.15, 0.2) is 22.3 Å². The van der Waals surface area contributed by atoms with Crippen LogP contribution in [-0.4, -0.2) is 58.6 Å². The molecule has 57 heavy (non-hydrogen) atoms. The zero-order valence-electron chi connectivity index (χ0n) is 32.6. The minimum atomic E-state index is -4.94. The van der Waals surface area contributed by atoms with Gasteiger partial charge >= 0.3 is 27.6 Å². The van der Waals surface area contributed by atoms with E-state index in [9.17, 15) is 36.3 Å². The lowest BCUT2D eigenvalue weighted by Gasteiger charge is -2.22. The van der Waals surface area contributed by atoms with Crippen molar-refractivity contribution < 1.29 is 21.8 Å². The predicted molar refractivity (Wildman–Crippen MR) is 210 cm³/mol. The van der Waals surface area contributed by atoms with E-state index in [1.54, 1.807) is 9.24 Å². The summed E-state index contributed by atoms with van der Waals surface area (Å²) in [6, 6.07) is 4.25. The third-order valence-corrected chi connectivity index (χ3v) is 12.0. The van der Waals surface area contributed by atoms with Crippen LogP contribution in [0.2, 0.25) is 0 Å². The first-order chi connectivity index (χ1) is 27.4. The summed E-state index contributed by atoms with van der Waals surface area (Å²) in [7, 11) is -4.94. The molecule has 0 saturated heterocycles. The molecule has 306 valence electrons. The number of aromatic nitrogens is 8. The molecule has 4 heterocycles. The number of fused-ring (bicyclic) bond motifs is 2. The van der Waals surface area contributed by atoms with Crippen LogP contribution in [0.15, 0.2) is 48.3 Å². The van der Waals surface area contributed by atoms with Crippen molar-refractivity contribution in [2.45, 2.75) is 141 Å². The maximum Gasteiger partial charge on any atom is 0.338 e. The highest BCUT2D eigenvalue weighted by molar-refractivity contribution is 7.86. The van der Waals surface area contributed by atoms with Crippen LogP contribution in [0.3, 0.4) is 0 Å². The smallest absolute Gasteiger partial charge is 0.338 e. The Morgan fingerprint density at radius 3 is 1.53 bits per heavy atom. The molecular formula is C39H49FN8O8S. The van der Waals surface area contributed by atoms with E-state index >= 15 is 0 Å². The molecule has 0 amide bonds. The predicted octanol–water partition coefficient (Wildman–Crippen LogP) is 4.79. The van der Waals surface area contributed by atoms with Gasteiger partial charge in [-0.1, -0.05) is 46.5 Å². The van der Waals surface area contributed by atoms with E-state index in [4.69, 9.17) is 14.7 Å². The van der Waals surface area contributed by atoms with Crippen LogP contribution >= 0.6 is 0 Å². The largest absolute Gasteiger partial charge is 0.462 e. The van der Waals surface area contributed by atoms with Crippen LogP contribution in [0.4, 0.5) is 3.89 Å². The summed E-state index contributed by atoms with van der Waals surface area (Å²) < 4.78 is 50.4. The molecular weight excluding hydrogens is 760 g/mol. The van der Waals surface area contributed by atoms with Crippen LogP contribution in [-0.2, 0) is 41.1 Å². The van der Waals surface area contributed by atoms with Gasteiger partial charge in [0.05, 0.1) is 17.1 Å². The summed E-state index contributed by atoms with van der Waals surface area (Å²) in [6.45, 7) is 6.24. The van der Waals surface area contributed by atoms with E-state index < -0.39 is 43.6 Å². The summed E-state index contributed by atoms with van der Waals surface area (Å²) in [5, 5.41) is 0. The van der Waals surface area contributed by atoms with Crippen LogP contribution < -0.4 is 22.5 Å². The second-order valence-electron chi connectivity index (χ2n) is 15.1. The molecule has 0 atom stereocenters. The number of aryl methyl sites for hydroxylation is 2. The Bertz CT molecular complexity index is 2680. The Morgan fingerprint density at radius 2 is 1.11 bits per heavy atom. The Kier molecular flexibility index (Phi) is 11.5. The first-order valence-electron chi connectivity index (χ1n) is 20.2. The summed E-state index contributed by atoms with van der Waals surface area (Å²) in [6.07, 6.45) is 8.81. The zero-order chi connectivity index (χ0) is 40.6. The normalized spacial score (nSPS) is 15.4. The molecule has 0 aliphatic heterocycles. The van der Waals surface area contributed by atoms with Gasteiger partial charge in [-0.3, -0.25) is 27.9 Å². The molecule has 0 radical (unpaired) electrons. The molecule has 16 nitrogen and oxygen atoms in total. The molecule has 0 unspecified atom stereocenters. The van der Waals surface area contributed by atoms with Gasteiger partial charge in [0.1, 0.15) is 11.6 Å². The van der Waals surface area contributed by atoms with Crippen molar-refractivity contribution in [1.82, 2.24) is 37.6 Å². The number of carbonyl (C=O) groups is 1. The third-order valence-electron chi connectivity index (χ3n) is 11.2. The lowest BCUT2D eigenvalue weighted by atomic mass is 10.1. The number of ether oxygens (including phenoxy) is 1. The molecule has 0 N–H and O–H groups in total. The van der Waals surface area contributed by atoms with E-state index in [0.717, 1.165) is 75.6 Å². The molecule has 2 aliphatic rings. The fourth-order valence-electron chi connectivity index (χ4n) is 8.50. The van der Waals surface area contributed by atoms with E-state index in [-0.39, 0.29) is 66.7 Å². The lowest BCUT2D eigenvalue weighted by Crippen LogP contribution is -2.42. The molecule has 2 fully saturated rings. The number of benzene rings is 1. The topological polar surface area (TPSA) is 184 Å². The molecule has 2 saturated carbocycles. The average molecular weight is 809 g/mol. The van der Waals surface area contributed by atoms with Crippen molar-refractivity contribution in [2.75, 3.05) is 6.61 Å². The van der Waals surface area contributed by atoms with Crippen LogP contribution in [0, 0.1) is 0 Å². The molecule has 0 bridgehead atoms. The number of esters is 1. The summed E-state index contributed by atoms with van der Waals surface area (Å²) in [4.78, 5) is 79.6. The molecule has 0 spiro atoms. The minimum absolute atomic E-state index is 0.00208.